The Kier molecular flexibility index (Phi) is 6.77. The number of aromatic nitrogens is 2. The van der Waals surface area contributed by atoms with Gasteiger partial charge in [0, 0.05) is 44.2 Å². The minimum atomic E-state index is 0.675. The number of rotatable bonds is 8. The highest BCUT2D eigenvalue weighted by Gasteiger charge is 2.19. The maximum absolute atomic E-state index is 5.89. The molecule has 0 N–H and O–H groups in total. The Labute approximate surface area is 176 Å². The van der Waals surface area contributed by atoms with Gasteiger partial charge in [-0.25, -0.2) is 0 Å². The normalized spacial score (nSPS) is 15.5. The van der Waals surface area contributed by atoms with Gasteiger partial charge < -0.3 is 9.26 Å². The number of benzene rings is 2. The predicted molar refractivity (Wildman–Crippen MR) is 112 cm³/mol. The third-order valence-corrected chi connectivity index (χ3v) is 5.28. The number of hydrogen-bond donors (Lipinski definition) is 0. The third-order valence-electron chi connectivity index (χ3n) is 5.03. The molecule has 0 amide bonds. The maximum atomic E-state index is 5.89. The molecule has 1 aromatic heterocycles. The van der Waals surface area contributed by atoms with E-state index >= 15 is 0 Å². The fraction of sp³-hybridized carbons (Fsp3) is 0.364. The van der Waals surface area contributed by atoms with Crippen LogP contribution in [0.3, 0.4) is 0 Å². The van der Waals surface area contributed by atoms with E-state index in [-0.39, 0.29) is 0 Å². The molecule has 2 aromatic carbocycles. The Bertz CT molecular complexity index is 877. The second-order valence-corrected chi connectivity index (χ2v) is 7.62. The highest BCUT2D eigenvalue weighted by atomic mass is 35.5. The molecule has 3 aromatic rings. The van der Waals surface area contributed by atoms with Crippen LogP contribution in [0, 0.1) is 0 Å². The predicted octanol–water partition coefficient (Wildman–Crippen LogP) is 3.51. The molecular weight excluding hydrogens is 388 g/mol. The van der Waals surface area contributed by atoms with Crippen LogP contribution < -0.4 is 4.74 Å². The molecule has 152 valence electrons. The van der Waals surface area contributed by atoms with Gasteiger partial charge in [0.25, 0.3) is 0 Å². The molecule has 4 rings (SSSR count). The Hall–Kier alpha value is -2.41. The average molecular weight is 413 g/mol. The number of ether oxygens (including phenoxy) is 1. The third kappa shape index (κ3) is 6.03. The molecule has 1 aliphatic rings. The van der Waals surface area contributed by atoms with Gasteiger partial charge in [-0.2, -0.15) is 4.98 Å². The molecule has 2 heterocycles. The van der Waals surface area contributed by atoms with Crippen LogP contribution >= 0.6 is 11.6 Å². The highest BCUT2D eigenvalue weighted by molar-refractivity contribution is 6.30. The van der Waals surface area contributed by atoms with Gasteiger partial charge in [-0.05, 0) is 29.8 Å². The summed E-state index contributed by atoms with van der Waals surface area (Å²) in [5.41, 5.74) is 1.19. The Morgan fingerprint density at radius 2 is 1.66 bits per heavy atom. The van der Waals surface area contributed by atoms with E-state index in [2.05, 4.69) is 32.1 Å². The lowest BCUT2D eigenvalue weighted by Gasteiger charge is -2.33. The zero-order chi connectivity index (χ0) is 19.9. The van der Waals surface area contributed by atoms with Crippen molar-refractivity contribution in [2.45, 2.75) is 13.0 Å². The van der Waals surface area contributed by atoms with Crippen molar-refractivity contribution < 1.29 is 9.26 Å². The van der Waals surface area contributed by atoms with E-state index in [1.807, 2.05) is 42.5 Å². The summed E-state index contributed by atoms with van der Waals surface area (Å²) in [5, 5.41) is 4.84. The first-order valence-corrected chi connectivity index (χ1v) is 10.3. The van der Waals surface area contributed by atoms with E-state index in [9.17, 15) is 0 Å². The summed E-state index contributed by atoms with van der Waals surface area (Å²) in [7, 11) is 0. The van der Waals surface area contributed by atoms with Crippen molar-refractivity contribution in [2.75, 3.05) is 39.3 Å². The van der Waals surface area contributed by atoms with Crippen molar-refractivity contribution in [3.05, 3.63) is 76.9 Å². The minimum Gasteiger partial charge on any atom is -0.492 e. The summed E-state index contributed by atoms with van der Waals surface area (Å²) in [6.45, 7) is 6.28. The van der Waals surface area contributed by atoms with E-state index in [0.717, 1.165) is 49.3 Å². The van der Waals surface area contributed by atoms with Gasteiger partial charge in [-0.15, -0.1) is 0 Å². The SMILES string of the molecule is Clc1ccc(OCCN2CCN(Cc3nc(Cc4ccccc4)no3)CC2)cc1. The molecule has 29 heavy (non-hydrogen) atoms. The molecule has 0 aliphatic carbocycles. The summed E-state index contributed by atoms with van der Waals surface area (Å²) in [6.07, 6.45) is 0.700. The number of halogens is 1. The minimum absolute atomic E-state index is 0.675. The first kappa shape index (κ1) is 19.9. The maximum Gasteiger partial charge on any atom is 0.240 e. The van der Waals surface area contributed by atoms with Crippen molar-refractivity contribution in [3.63, 3.8) is 0 Å². The second-order valence-electron chi connectivity index (χ2n) is 7.19. The number of nitrogens with zero attached hydrogens (tertiary/aromatic N) is 4. The van der Waals surface area contributed by atoms with Crippen LogP contribution in [0.4, 0.5) is 0 Å². The molecule has 0 saturated carbocycles. The molecular formula is C22H25ClN4O2. The lowest BCUT2D eigenvalue weighted by Crippen LogP contribution is -2.47. The van der Waals surface area contributed by atoms with Crippen LogP contribution in [-0.4, -0.2) is 59.3 Å². The van der Waals surface area contributed by atoms with E-state index in [1.165, 1.54) is 5.56 Å². The van der Waals surface area contributed by atoms with Crippen molar-refractivity contribution in [1.29, 1.82) is 0 Å². The standard InChI is InChI=1S/C22H25ClN4O2/c23-19-6-8-20(9-7-19)28-15-14-26-10-12-27(13-11-26)17-22-24-21(25-29-22)16-18-4-2-1-3-5-18/h1-9H,10-17H2. The van der Waals surface area contributed by atoms with Gasteiger partial charge >= 0.3 is 0 Å². The summed E-state index contributed by atoms with van der Waals surface area (Å²) in [4.78, 5) is 9.32. The fourth-order valence-electron chi connectivity index (χ4n) is 3.39. The van der Waals surface area contributed by atoms with Crippen LogP contribution in [0.2, 0.25) is 5.02 Å². The lowest BCUT2D eigenvalue weighted by molar-refractivity contribution is 0.104. The second kappa shape index (κ2) is 9.87. The largest absolute Gasteiger partial charge is 0.492 e. The van der Waals surface area contributed by atoms with Gasteiger partial charge in [-0.3, -0.25) is 9.80 Å². The quantitative estimate of drug-likeness (QED) is 0.564. The Balaban J connectivity index is 1.17. The van der Waals surface area contributed by atoms with Crippen LogP contribution in [0.25, 0.3) is 0 Å². The molecule has 0 atom stereocenters. The summed E-state index contributed by atoms with van der Waals surface area (Å²) in [5.74, 6) is 2.29. The number of piperazine rings is 1. The van der Waals surface area contributed by atoms with E-state index in [4.69, 9.17) is 20.9 Å². The average Bonchev–Trinajstić information content (AvgIpc) is 3.18. The van der Waals surface area contributed by atoms with Crippen molar-refractivity contribution in [2.24, 2.45) is 0 Å². The summed E-state index contributed by atoms with van der Waals surface area (Å²) >= 11 is 5.89. The molecule has 7 heteroatoms. The number of hydrogen-bond acceptors (Lipinski definition) is 6. The molecule has 0 bridgehead atoms. The molecule has 0 radical (unpaired) electrons. The molecule has 0 spiro atoms. The van der Waals surface area contributed by atoms with E-state index < -0.39 is 0 Å². The van der Waals surface area contributed by atoms with Crippen molar-refractivity contribution in [3.8, 4) is 5.75 Å². The van der Waals surface area contributed by atoms with Crippen LogP contribution in [0.15, 0.2) is 59.1 Å². The Morgan fingerprint density at radius 1 is 0.931 bits per heavy atom. The van der Waals surface area contributed by atoms with E-state index in [0.29, 0.717) is 25.5 Å². The van der Waals surface area contributed by atoms with Gasteiger partial charge in [0.2, 0.25) is 5.89 Å². The Morgan fingerprint density at radius 3 is 2.41 bits per heavy atom. The van der Waals surface area contributed by atoms with Crippen LogP contribution in [0.5, 0.6) is 5.75 Å². The summed E-state index contributed by atoms with van der Waals surface area (Å²) in [6, 6.07) is 17.7. The fourth-order valence-corrected chi connectivity index (χ4v) is 3.52. The van der Waals surface area contributed by atoms with Gasteiger partial charge in [0.1, 0.15) is 12.4 Å². The van der Waals surface area contributed by atoms with Gasteiger partial charge in [-0.1, -0.05) is 47.1 Å². The van der Waals surface area contributed by atoms with Crippen molar-refractivity contribution >= 4 is 11.6 Å². The zero-order valence-corrected chi connectivity index (χ0v) is 17.1. The summed E-state index contributed by atoms with van der Waals surface area (Å²) < 4.78 is 11.2. The van der Waals surface area contributed by atoms with Crippen LogP contribution in [0.1, 0.15) is 17.3 Å². The monoisotopic (exact) mass is 412 g/mol. The molecule has 6 nitrogen and oxygen atoms in total. The smallest absolute Gasteiger partial charge is 0.240 e. The molecule has 1 aliphatic heterocycles. The zero-order valence-electron chi connectivity index (χ0n) is 16.3. The van der Waals surface area contributed by atoms with Crippen LogP contribution in [-0.2, 0) is 13.0 Å². The first-order chi connectivity index (χ1) is 14.2. The van der Waals surface area contributed by atoms with Crippen molar-refractivity contribution in [1.82, 2.24) is 19.9 Å². The molecule has 1 saturated heterocycles. The van der Waals surface area contributed by atoms with E-state index in [1.54, 1.807) is 0 Å². The first-order valence-electron chi connectivity index (χ1n) is 9.93. The highest BCUT2D eigenvalue weighted by Crippen LogP contribution is 2.15. The lowest BCUT2D eigenvalue weighted by atomic mass is 10.1. The molecule has 1 fully saturated rings. The topological polar surface area (TPSA) is 54.6 Å². The van der Waals surface area contributed by atoms with Gasteiger partial charge in [0.05, 0.1) is 6.54 Å². The molecule has 0 unspecified atom stereocenters. The van der Waals surface area contributed by atoms with Gasteiger partial charge in [0.15, 0.2) is 5.82 Å².